The van der Waals surface area contributed by atoms with E-state index in [2.05, 4.69) is 10.2 Å². The van der Waals surface area contributed by atoms with Gasteiger partial charge in [0.1, 0.15) is 11.4 Å². The largest absolute Gasteiger partial charge is 0.506 e. The highest BCUT2D eigenvalue weighted by atomic mass is 32.2. The van der Waals surface area contributed by atoms with Crippen LogP contribution in [0.3, 0.4) is 0 Å². The van der Waals surface area contributed by atoms with Crippen LogP contribution in [0, 0.1) is 6.92 Å². The molecule has 3 aromatic carbocycles. The van der Waals surface area contributed by atoms with Crippen molar-refractivity contribution in [1.29, 1.82) is 0 Å². The van der Waals surface area contributed by atoms with Gasteiger partial charge in [-0.2, -0.15) is 21.9 Å². The number of rotatable bonds is 4. The monoisotopic (exact) mass is 422 g/mol. The third-order valence-corrected chi connectivity index (χ3v) is 5.66. The van der Waals surface area contributed by atoms with Crippen LogP contribution in [0.1, 0.15) is 5.56 Å². The number of azo groups is 1. The van der Waals surface area contributed by atoms with E-state index in [0.29, 0.717) is 22.0 Å². The number of aromatic hydroxyl groups is 1. The number of nitrogens with zero attached hydrogens (tertiary/aromatic N) is 2. The van der Waals surface area contributed by atoms with Crippen LogP contribution in [-0.4, -0.2) is 31.0 Å². The Labute approximate surface area is 160 Å². The standard InChI is InChI=1S/C17H14N2O7S2/c1-10-8-12(27(21,22)23)4-6-15(10)18-19-17-14-5-3-13(28(24,25)26)9-11(14)2-7-16(17)20/h2-9,20H,1H3,(H,21,22,23)(H,24,25,26)/b19-18+. The normalized spacial score (nSPS) is 12.7. The van der Waals surface area contributed by atoms with Crippen LogP contribution in [0.2, 0.25) is 0 Å². The molecule has 3 rings (SSSR count). The average molecular weight is 422 g/mol. The molecule has 0 aliphatic rings. The lowest BCUT2D eigenvalue weighted by Gasteiger charge is -2.06. The molecule has 0 aliphatic heterocycles. The molecule has 0 saturated heterocycles. The summed E-state index contributed by atoms with van der Waals surface area (Å²) in [5.41, 5.74) is 0.795. The van der Waals surface area contributed by atoms with Gasteiger partial charge in [-0.3, -0.25) is 9.11 Å². The molecular weight excluding hydrogens is 408 g/mol. The van der Waals surface area contributed by atoms with Crippen LogP contribution in [0.4, 0.5) is 11.4 Å². The number of phenols is 1. The van der Waals surface area contributed by atoms with Crippen molar-refractivity contribution in [3.8, 4) is 5.75 Å². The highest BCUT2D eigenvalue weighted by Crippen LogP contribution is 2.37. The average Bonchev–Trinajstić information content (AvgIpc) is 2.59. The number of aryl methyl sites for hydroxylation is 1. The topological polar surface area (TPSA) is 154 Å². The second kappa shape index (κ2) is 6.95. The van der Waals surface area contributed by atoms with Crippen molar-refractivity contribution in [2.75, 3.05) is 0 Å². The highest BCUT2D eigenvalue weighted by molar-refractivity contribution is 7.86. The van der Waals surface area contributed by atoms with E-state index in [-0.39, 0.29) is 21.2 Å². The van der Waals surface area contributed by atoms with Crippen molar-refractivity contribution in [3.63, 3.8) is 0 Å². The van der Waals surface area contributed by atoms with Crippen LogP contribution in [-0.2, 0) is 20.2 Å². The molecule has 9 nitrogen and oxygen atoms in total. The third kappa shape index (κ3) is 4.02. The lowest BCUT2D eigenvalue weighted by molar-refractivity contribution is 0.477. The minimum absolute atomic E-state index is 0.0673. The summed E-state index contributed by atoms with van der Waals surface area (Å²) < 4.78 is 63.1. The fourth-order valence-corrected chi connectivity index (χ4v) is 3.63. The van der Waals surface area contributed by atoms with Crippen molar-refractivity contribution in [2.24, 2.45) is 10.2 Å². The fourth-order valence-electron chi connectivity index (χ4n) is 2.55. The first-order chi connectivity index (χ1) is 13.0. The Kier molecular flexibility index (Phi) is 4.93. The van der Waals surface area contributed by atoms with Gasteiger partial charge in [0.2, 0.25) is 0 Å². The Morgan fingerprint density at radius 3 is 2.00 bits per heavy atom. The zero-order valence-corrected chi connectivity index (χ0v) is 15.9. The number of fused-ring (bicyclic) bond motifs is 1. The lowest BCUT2D eigenvalue weighted by Crippen LogP contribution is -1.97. The van der Waals surface area contributed by atoms with Crippen LogP contribution < -0.4 is 0 Å². The van der Waals surface area contributed by atoms with E-state index in [1.807, 2.05) is 0 Å². The van der Waals surface area contributed by atoms with Gasteiger partial charge in [0.15, 0.2) is 0 Å². The van der Waals surface area contributed by atoms with Crippen LogP contribution in [0.15, 0.2) is 68.6 Å². The number of benzene rings is 3. The summed E-state index contributed by atoms with van der Waals surface area (Å²) in [4.78, 5) is -0.583. The van der Waals surface area contributed by atoms with Gasteiger partial charge in [0.25, 0.3) is 20.2 Å². The van der Waals surface area contributed by atoms with Gasteiger partial charge in [-0.25, -0.2) is 0 Å². The Hall–Kier alpha value is -2.86. The third-order valence-electron chi connectivity index (χ3n) is 3.96. The van der Waals surface area contributed by atoms with Gasteiger partial charge in [-0.1, -0.05) is 12.1 Å². The predicted molar refractivity (Wildman–Crippen MR) is 101 cm³/mol. The maximum Gasteiger partial charge on any atom is 0.294 e. The summed E-state index contributed by atoms with van der Waals surface area (Å²) in [6.07, 6.45) is 0. The SMILES string of the molecule is Cc1cc(S(=O)(=O)O)ccc1/N=N/c1c(O)ccc2cc(S(=O)(=O)O)ccc12. The van der Waals surface area contributed by atoms with Crippen LogP contribution in [0.5, 0.6) is 5.75 Å². The first kappa shape index (κ1) is 19.9. The predicted octanol–water partition coefficient (Wildman–Crippen LogP) is 3.76. The molecule has 0 fully saturated rings. The summed E-state index contributed by atoms with van der Waals surface area (Å²) in [5, 5.41) is 18.9. The molecule has 0 saturated carbocycles. The fraction of sp³-hybridized carbons (Fsp3) is 0.0588. The van der Waals surface area contributed by atoms with E-state index in [0.717, 1.165) is 6.07 Å². The molecule has 0 aromatic heterocycles. The van der Waals surface area contributed by atoms with Gasteiger partial charge in [0, 0.05) is 5.39 Å². The molecule has 0 spiro atoms. The number of hydrogen-bond acceptors (Lipinski definition) is 7. The molecule has 146 valence electrons. The molecule has 0 amide bonds. The second-order valence-corrected chi connectivity index (χ2v) is 8.76. The number of phenolic OH excluding ortho intramolecular Hbond substituents is 1. The highest BCUT2D eigenvalue weighted by Gasteiger charge is 2.14. The van der Waals surface area contributed by atoms with Crippen LogP contribution >= 0.6 is 0 Å². The zero-order valence-electron chi connectivity index (χ0n) is 14.3. The van der Waals surface area contributed by atoms with E-state index < -0.39 is 20.2 Å². The van der Waals surface area contributed by atoms with Gasteiger partial charge in [-0.15, -0.1) is 5.11 Å². The molecule has 0 heterocycles. The Balaban J connectivity index is 2.08. The van der Waals surface area contributed by atoms with Crippen molar-refractivity contribution in [3.05, 3.63) is 54.1 Å². The van der Waals surface area contributed by atoms with Crippen molar-refractivity contribution in [2.45, 2.75) is 16.7 Å². The molecular formula is C17H14N2O7S2. The van der Waals surface area contributed by atoms with Crippen molar-refractivity contribution < 1.29 is 31.0 Å². The van der Waals surface area contributed by atoms with Crippen molar-refractivity contribution >= 4 is 42.4 Å². The summed E-state index contributed by atoms with van der Waals surface area (Å²) in [6, 6.07) is 10.3. The first-order valence-electron chi connectivity index (χ1n) is 7.70. The molecule has 11 heteroatoms. The maximum absolute atomic E-state index is 11.3. The summed E-state index contributed by atoms with van der Waals surface area (Å²) in [6.45, 7) is 1.57. The Bertz CT molecular complexity index is 1330. The molecule has 0 unspecified atom stereocenters. The summed E-state index contributed by atoms with van der Waals surface area (Å²) >= 11 is 0. The van der Waals surface area contributed by atoms with E-state index in [4.69, 9.17) is 9.11 Å². The van der Waals surface area contributed by atoms with E-state index >= 15 is 0 Å². The van der Waals surface area contributed by atoms with E-state index in [1.165, 1.54) is 42.5 Å². The molecule has 3 aromatic rings. The minimum atomic E-state index is -4.38. The minimum Gasteiger partial charge on any atom is -0.506 e. The smallest absolute Gasteiger partial charge is 0.294 e. The molecule has 3 N–H and O–H groups in total. The maximum atomic E-state index is 11.3. The first-order valence-corrected chi connectivity index (χ1v) is 10.6. The molecule has 0 atom stereocenters. The number of hydrogen-bond donors (Lipinski definition) is 3. The summed E-state index contributed by atoms with van der Waals surface area (Å²) in [5.74, 6) is -0.205. The van der Waals surface area contributed by atoms with Gasteiger partial charge in [-0.05, 0) is 54.3 Å². The Morgan fingerprint density at radius 2 is 1.39 bits per heavy atom. The van der Waals surface area contributed by atoms with Gasteiger partial charge in [0.05, 0.1) is 15.5 Å². The van der Waals surface area contributed by atoms with Crippen molar-refractivity contribution in [1.82, 2.24) is 0 Å². The van der Waals surface area contributed by atoms with Gasteiger partial charge < -0.3 is 5.11 Å². The van der Waals surface area contributed by atoms with E-state index in [1.54, 1.807) is 6.92 Å². The summed E-state index contributed by atoms with van der Waals surface area (Å²) in [7, 11) is -8.72. The second-order valence-electron chi connectivity index (χ2n) is 5.91. The van der Waals surface area contributed by atoms with Crippen LogP contribution in [0.25, 0.3) is 10.8 Å². The van der Waals surface area contributed by atoms with E-state index in [9.17, 15) is 21.9 Å². The van der Waals surface area contributed by atoms with Gasteiger partial charge >= 0.3 is 0 Å². The molecule has 0 bridgehead atoms. The Morgan fingerprint density at radius 1 is 0.786 bits per heavy atom. The molecule has 0 radical (unpaired) electrons. The quantitative estimate of drug-likeness (QED) is 0.427. The lowest BCUT2D eigenvalue weighted by atomic mass is 10.1. The molecule has 0 aliphatic carbocycles. The zero-order chi connectivity index (χ0) is 20.7. The molecule has 28 heavy (non-hydrogen) atoms.